The molecule has 0 aliphatic heterocycles. The zero-order valence-electron chi connectivity index (χ0n) is 17.8. The number of ether oxygens (including phenoxy) is 1. The maximum atomic E-state index is 12.6. The molecule has 0 aliphatic carbocycles. The van der Waals surface area contributed by atoms with Gasteiger partial charge in [0.15, 0.2) is 5.69 Å². The Morgan fingerprint density at radius 3 is 2.57 bits per heavy atom. The maximum Gasteiger partial charge on any atom is 0.356 e. The summed E-state index contributed by atoms with van der Waals surface area (Å²) in [6.45, 7) is 11.5. The molecule has 2 aromatic rings. The molecule has 154 valence electrons. The number of aryl methyl sites for hydroxylation is 1. The molecule has 0 saturated heterocycles. The van der Waals surface area contributed by atoms with E-state index in [0.717, 1.165) is 30.5 Å². The zero-order chi connectivity index (χ0) is 20.8. The summed E-state index contributed by atoms with van der Waals surface area (Å²) in [4.78, 5) is 29.0. The Kier molecular flexibility index (Phi) is 7.43. The average molecular weight is 389 g/mol. The Labute approximate surface area is 166 Å². The van der Waals surface area contributed by atoms with E-state index in [4.69, 9.17) is 4.74 Å². The van der Waals surface area contributed by atoms with E-state index in [1.165, 1.54) is 14.0 Å². The first-order valence-electron chi connectivity index (χ1n) is 9.90. The topological polar surface area (TPSA) is 85.2 Å². The number of carbonyl (C=O) groups is 2. The van der Waals surface area contributed by atoms with Crippen LogP contribution < -0.4 is 10.6 Å². The minimum Gasteiger partial charge on any atom is -0.464 e. The number of esters is 1. The highest BCUT2D eigenvalue weighted by Gasteiger charge is 2.25. The van der Waals surface area contributed by atoms with Gasteiger partial charge < -0.3 is 19.9 Å². The Morgan fingerprint density at radius 2 is 2.00 bits per heavy atom. The third kappa shape index (κ3) is 5.03. The van der Waals surface area contributed by atoms with Crippen molar-refractivity contribution < 1.29 is 14.3 Å². The molecule has 7 heteroatoms. The molecule has 0 aromatic carbocycles. The number of fused-ring (bicyclic) bond motifs is 1. The molecule has 1 unspecified atom stereocenters. The molecule has 0 aliphatic rings. The van der Waals surface area contributed by atoms with E-state index in [2.05, 4.69) is 43.3 Å². The molecular weight excluding hydrogens is 356 g/mol. The molecule has 7 nitrogen and oxygen atoms in total. The summed E-state index contributed by atoms with van der Waals surface area (Å²) in [6, 6.07) is 1.94. The van der Waals surface area contributed by atoms with Crippen LogP contribution in [0.5, 0.6) is 0 Å². The van der Waals surface area contributed by atoms with Gasteiger partial charge in [-0.25, -0.2) is 9.78 Å². The second-order valence-electron chi connectivity index (χ2n) is 7.72. The zero-order valence-corrected chi connectivity index (χ0v) is 17.8. The van der Waals surface area contributed by atoms with Gasteiger partial charge in [-0.1, -0.05) is 34.1 Å². The first-order chi connectivity index (χ1) is 13.3. The molecule has 28 heavy (non-hydrogen) atoms. The summed E-state index contributed by atoms with van der Waals surface area (Å²) in [7, 11) is 1.34. The van der Waals surface area contributed by atoms with Crippen LogP contribution in [0.3, 0.4) is 0 Å². The number of methoxy groups -OCH3 is 1. The minimum atomic E-state index is -0.486. The van der Waals surface area contributed by atoms with Crippen LogP contribution in [0.15, 0.2) is 12.3 Å². The lowest BCUT2D eigenvalue weighted by Gasteiger charge is -2.12. The van der Waals surface area contributed by atoms with Crippen molar-refractivity contribution in [3.63, 3.8) is 0 Å². The van der Waals surface area contributed by atoms with Crippen molar-refractivity contribution in [2.24, 2.45) is 11.8 Å². The van der Waals surface area contributed by atoms with Crippen LogP contribution in [-0.4, -0.2) is 35.1 Å². The number of hydrogen-bond acceptors (Lipinski definition) is 5. The van der Waals surface area contributed by atoms with E-state index in [1.807, 2.05) is 10.6 Å². The summed E-state index contributed by atoms with van der Waals surface area (Å²) in [5.41, 5.74) is 2.31. The molecule has 1 amide bonds. The number of pyridine rings is 1. The number of aromatic nitrogens is 2. The third-order valence-corrected chi connectivity index (χ3v) is 4.86. The van der Waals surface area contributed by atoms with Crippen molar-refractivity contribution in [2.75, 3.05) is 24.3 Å². The van der Waals surface area contributed by atoms with Crippen molar-refractivity contribution in [2.45, 2.75) is 54.0 Å². The smallest absolute Gasteiger partial charge is 0.356 e. The van der Waals surface area contributed by atoms with Gasteiger partial charge in [0.2, 0.25) is 5.91 Å². The summed E-state index contributed by atoms with van der Waals surface area (Å²) < 4.78 is 6.86. The first-order valence-corrected chi connectivity index (χ1v) is 9.90. The predicted octanol–water partition coefficient (Wildman–Crippen LogP) is 4.29. The molecule has 2 aromatic heterocycles. The summed E-state index contributed by atoms with van der Waals surface area (Å²) >= 11 is 0. The van der Waals surface area contributed by atoms with E-state index in [-0.39, 0.29) is 5.91 Å². The second kappa shape index (κ2) is 9.57. The number of anilines is 2. The second-order valence-corrected chi connectivity index (χ2v) is 7.72. The van der Waals surface area contributed by atoms with E-state index in [0.29, 0.717) is 35.4 Å². The van der Waals surface area contributed by atoms with Gasteiger partial charge >= 0.3 is 5.97 Å². The van der Waals surface area contributed by atoms with Crippen LogP contribution in [0.1, 0.15) is 57.9 Å². The molecule has 0 bridgehead atoms. The number of carbonyl (C=O) groups excluding carboxylic acids is 2. The van der Waals surface area contributed by atoms with Crippen LogP contribution in [-0.2, 0) is 16.1 Å². The third-order valence-electron chi connectivity index (χ3n) is 4.86. The van der Waals surface area contributed by atoms with E-state index in [1.54, 1.807) is 6.20 Å². The van der Waals surface area contributed by atoms with Crippen molar-refractivity contribution >= 4 is 34.3 Å². The Bertz CT molecular complexity index is 842. The molecule has 0 spiro atoms. The molecule has 0 saturated carbocycles. The summed E-state index contributed by atoms with van der Waals surface area (Å²) in [5, 5.41) is 6.93. The summed E-state index contributed by atoms with van der Waals surface area (Å²) in [5.74, 6) is 0.265. The van der Waals surface area contributed by atoms with Crippen LogP contribution in [0.4, 0.5) is 11.4 Å². The molecule has 2 rings (SSSR count). The summed E-state index contributed by atoms with van der Waals surface area (Å²) in [6.07, 6.45) is 3.73. The van der Waals surface area contributed by atoms with Crippen LogP contribution in [0.25, 0.3) is 11.0 Å². The quantitative estimate of drug-likeness (QED) is 0.626. The van der Waals surface area contributed by atoms with Crippen molar-refractivity contribution in [1.82, 2.24) is 9.55 Å². The minimum absolute atomic E-state index is 0.244. The normalized spacial score (nSPS) is 12.2. The van der Waals surface area contributed by atoms with Gasteiger partial charge in [-0.15, -0.1) is 0 Å². The lowest BCUT2D eigenvalue weighted by atomic mass is 10.1. The fourth-order valence-electron chi connectivity index (χ4n) is 2.97. The predicted molar refractivity (Wildman–Crippen MR) is 113 cm³/mol. The van der Waals surface area contributed by atoms with Gasteiger partial charge in [-0.3, -0.25) is 4.79 Å². The Hall–Kier alpha value is -2.57. The Morgan fingerprint density at radius 1 is 1.29 bits per heavy atom. The number of amides is 1. The molecule has 2 N–H and O–H groups in total. The van der Waals surface area contributed by atoms with Crippen molar-refractivity contribution in [3.05, 3.63) is 18.0 Å². The van der Waals surface area contributed by atoms with Gasteiger partial charge in [0.05, 0.1) is 24.7 Å². The molecular formula is C21H32N4O3. The van der Waals surface area contributed by atoms with Crippen LogP contribution in [0.2, 0.25) is 0 Å². The average Bonchev–Trinajstić information content (AvgIpc) is 2.95. The highest BCUT2D eigenvalue weighted by atomic mass is 16.5. The maximum absolute atomic E-state index is 12.6. The number of nitrogens with one attached hydrogen (secondary N) is 2. The Balaban J connectivity index is 2.60. The molecule has 0 radical (unpaired) electrons. The highest BCUT2D eigenvalue weighted by Crippen LogP contribution is 2.33. The lowest BCUT2D eigenvalue weighted by Crippen LogP contribution is -2.16. The fourth-order valence-corrected chi connectivity index (χ4v) is 2.97. The highest BCUT2D eigenvalue weighted by molar-refractivity contribution is 6.10. The molecule has 1 atom stereocenters. The van der Waals surface area contributed by atoms with E-state index >= 15 is 0 Å². The van der Waals surface area contributed by atoms with Gasteiger partial charge in [0.25, 0.3) is 0 Å². The lowest BCUT2D eigenvalue weighted by molar-refractivity contribution is -0.114. The van der Waals surface area contributed by atoms with Gasteiger partial charge in [-0.2, -0.15) is 0 Å². The fraction of sp³-hybridized carbons (Fsp3) is 0.571. The van der Waals surface area contributed by atoms with Gasteiger partial charge in [-0.05, 0) is 24.3 Å². The number of rotatable bonds is 9. The number of hydrogen-bond donors (Lipinski definition) is 2. The number of nitrogens with zero attached hydrogens (tertiary/aromatic N) is 2. The van der Waals surface area contributed by atoms with E-state index < -0.39 is 5.97 Å². The van der Waals surface area contributed by atoms with Crippen molar-refractivity contribution in [3.8, 4) is 0 Å². The van der Waals surface area contributed by atoms with Crippen LogP contribution >= 0.6 is 0 Å². The van der Waals surface area contributed by atoms with E-state index in [9.17, 15) is 9.59 Å². The molecule has 2 heterocycles. The monoisotopic (exact) mass is 388 g/mol. The van der Waals surface area contributed by atoms with Gasteiger partial charge in [0.1, 0.15) is 5.65 Å². The standard InChI is InChI=1S/C21H32N4O3/c1-7-14(4)11-22-16-10-17-18(24-15(5)26)19(21(27)28-6)25(9-8-13(2)3)20(17)23-12-16/h10,12-14,22H,7-9,11H2,1-6H3,(H,24,26). The van der Waals surface area contributed by atoms with Crippen molar-refractivity contribution in [1.29, 1.82) is 0 Å². The van der Waals surface area contributed by atoms with Crippen LogP contribution in [0, 0.1) is 11.8 Å². The van der Waals surface area contributed by atoms with Gasteiger partial charge in [0, 0.05) is 25.4 Å². The first kappa shape index (κ1) is 21.7. The largest absolute Gasteiger partial charge is 0.464 e. The SMILES string of the molecule is CCC(C)CNc1cnc2c(c1)c(NC(C)=O)c(C(=O)OC)n2CCC(C)C. The molecule has 0 fully saturated rings.